The van der Waals surface area contributed by atoms with Crippen molar-refractivity contribution in [2.45, 2.75) is 19.8 Å². The number of hydrogen-bond donors (Lipinski definition) is 0. The van der Waals surface area contributed by atoms with Crippen LogP contribution in [0.1, 0.15) is 28.4 Å². The van der Waals surface area contributed by atoms with E-state index < -0.39 is 0 Å². The van der Waals surface area contributed by atoms with Crippen LogP contribution in [0, 0.1) is 0 Å². The lowest BCUT2D eigenvalue weighted by Crippen LogP contribution is -2.10. The molecule has 3 rings (SSSR count). The van der Waals surface area contributed by atoms with E-state index in [1.54, 1.807) is 6.20 Å². The summed E-state index contributed by atoms with van der Waals surface area (Å²) in [5, 5.41) is 0. The topological polar surface area (TPSA) is 44.1 Å². The number of aromatic nitrogens is 2. The van der Waals surface area contributed by atoms with Gasteiger partial charge < -0.3 is 9.30 Å². The predicted molar refractivity (Wildman–Crippen MR) is 79.7 cm³/mol. The first-order valence-electron chi connectivity index (χ1n) is 6.62. The van der Waals surface area contributed by atoms with Crippen LogP contribution in [0.3, 0.4) is 0 Å². The summed E-state index contributed by atoms with van der Waals surface area (Å²) in [6.45, 7) is 2.21. The quantitative estimate of drug-likeness (QED) is 0.792. The van der Waals surface area contributed by atoms with Gasteiger partial charge in [-0.05, 0) is 52.9 Å². The van der Waals surface area contributed by atoms with E-state index in [4.69, 9.17) is 4.74 Å². The summed E-state index contributed by atoms with van der Waals surface area (Å²) >= 11 is 3.53. The zero-order valence-electron chi connectivity index (χ0n) is 11.4. The van der Waals surface area contributed by atoms with Crippen LogP contribution >= 0.6 is 15.9 Å². The molecule has 0 aromatic carbocycles. The van der Waals surface area contributed by atoms with Crippen LogP contribution in [0.5, 0.6) is 0 Å². The molecule has 0 saturated heterocycles. The molecule has 0 N–H and O–H groups in total. The lowest BCUT2D eigenvalue weighted by Gasteiger charge is -2.18. The number of rotatable bonds is 2. The van der Waals surface area contributed by atoms with Gasteiger partial charge in [-0.25, -0.2) is 4.79 Å². The van der Waals surface area contributed by atoms with Crippen molar-refractivity contribution in [3.8, 4) is 11.3 Å². The van der Waals surface area contributed by atoms with E-state index >= 15 is 0 Å². The summed E-state index contributed by atoms with van der Waals surface area (Å²) in [4.78, 5) is 16.4. The van der Waals surface area contributed by atoms with Gasteiger partial charge in [0.05, 0.1) is 22.5 Å². The first kappa shape index (κ1) is 13.4. The molecule has 5 heteroatoms. The molecule has 0 aliphatic heterocycles. The lowest BCUT2D eigenvalue weighted by molar-refractivity contribution is 0.0524. The third kappa shape index (κ3) is 1.88. The number of esters is 1. The number of halogens is 1. The largest absolute Gasteiger partial charge is 0.462 e. The molecule has 4 nitrogen and oxygen atoms in total. The van der Waals surface area contributed by atoms with E-state index in [1.165, 1.54) is 5.56 Å². The molecule has 0 saturated carbocycles. The highest BCUT2D eigenvalue weighted by molar-refractivity contribution is 9.10. The van der Waals surface area contributed by atoms with Crippen molar-refractivity contribution in [3.05, 3.63) is 39.8 Å². The molecule has 0 fully saturated rings. The summed E-state index contributed by atoms with van der Waals surface area (Å²) < 4.78 is 7.98. The molecule has 104 valence electrons. The Kier molecular flexibility index (Phi) is 3.38. The van der Waals surface area contributed by atoms with Crippen molar-refractivity contribution in [2.24, 2.45) is 7.05 Å². The van der Waals surface area contributed by atoms with Gasteiger partial charge in [0, 0.05) is 25.0 Å². The van der Waals surface area contributed by atoms with Gasteiger partial charge in [-0.1, -0.05) is 0 Å². The minimum Gasteiger partial charge on any atom is -0.462 e. The summed E-state index contributed by atoms with van der Waals surface area (Å²) in [5.41, 5.74) is 5.19. The molecule has 0 bridgehead atoms. The van der Waals surface area contributed by atoms with Crippen molar-refractivity contribution >= 4 is 21.9 Å². The van der Waals surface area contributed by atoms with Gasteiger partial charge in [0.25, 0.3) is 0 Å². The van der Waals surface area contributed by atoms with Gasteiger partial charge in [-0.15, -0.1) is 0 Å². The van der Waals surface area contributed by atoms with Crippen LogP contribution in [0.15, 0.2) is 23.1 Å². The number of ether oxygens (including phenoxy) is 1. The highest BCUT2D eigenvalue weighted by Crippen LogP contribution is 2.39. The Hall–Kier alpha value is -1.62. The second kappa shape index (κ2) is 5.05. The molecule has 0 unspecified atom stereocenters. The van der Waals surface area contributed by atoms with E-state index in [9.17, 15) is 4.79 Å². The van der Waals surface area contributed by atoms with Crippen molar-refractivity contribution in [2.75, 3.05) is 6.61 Å². The summed E-state index contributed by atoms with van der Waals surface area (Å²) in [6, 6.07) is 2.01. The fourth-order valence-corrected chi connectivity index (χ4v) is 3.40. The van der Waals surface area contributed by atoms with E-state index in [-0.39, 0.29) is 5.97 Å². The fraction of sp³-hybridized carbons (Fsp3) is 0.333. The zero-order valence-corrected chi connectivity index (χ0v) is 13.0. The van der Waals surface area contributed by atoms with E-state index in [0.717, 1.165) is 34.3 Å². The maximum Gasteiger partial charge on any atom is 0.341 e. The van der Waals surface area contributed by atoms with E-state index in [2.05, 4.69) is 20.9 Å². The summed E-state index contributed by atoms with van der Waals surface area (Å²) in [6.07, 6.45) is 5.43. The molecular weight excluding hydrogens is 320 g/mol. The third-order valence-corrected chi connectivity index (χ3v) is 4.63. The highest BCUT2D eigenvalue weighted by Gasteiger charge is 2.29. The fourth-order valence-electron chi connectivity index (χ4n) is 2.83. The normalized spacial score (nSPS) is 12.8. The molecule has 2 aromatic rings. The molecule has 0 spiro atoms. The third-order valence-electron chi connectivity index (χ3n) is 3.71. The van der Waals surface area contributed by atoms with Crippen LogP contribution in [0.25, 0.3) is 11.3 Å². The zero-order chi connectivity index (χ0) is 14.3. The molecule has 2 aromatic heterocycles. The molecule has 0 atom stereocenters. The SMILES string of the molecule is CCOC(=O)c1c2c(n(C)c1Br)-c1ccncc1CC2. The highest BCUT2D eigenvalue weighted by atomic mass is 79.9. The number of nitrogens with zero attached hydrogens (tertiary/aromatic N) is 2. The number of hydrogen-bond acceptors (Lipinski definition) is 3. The minimum absolute atomic E-state index is 0.256. The first-order valence-corrected chi connectivity index (χ1v) is 7.41. The average molecular weight is 335 g/mol. The standard InChI is InChI=1S/C15H15BrN2O2/c1-3-20-15(19)12-11-5-4-9-8-17-7-6-10(9)13(11)18(2)14(12)16/h6-8H,3-5H2,1-2H3. The smallest absolute Gasteiger partial charge is 0.341 e. The monoisotopic (exact) mass is 334 g/mol. The molecular formula is C15H15BrN2O2. The molecule has 2 heterocycles. The number of aryl methyl sites for hydroxylation is 1. The second-order valence-corrected chi connectivity index (χ2v) is 5.56. The van der Waals surface area contributed by atoms with Crippen molar-refractivity contribution < 1.29 is 9.53 Å². The van der Waals surface area contributed by atoms with Crippen LogP contribution in [0.4, 0.5) is 0 Å². The molecule has 1 aliphatic carbocycles. The van der Waals surface area contributed by atoms with Gasteiger partial charge in [0.15, 0.2) is 0 Å². The van der Waals surface area contributed by atoms with Crippen LogP contribution < -0.4 is 0 Å². The van der Waals surface area contributed by atoms with Gasteiger partial charge in [0.1, 0.15) is 0 Å². The van der Waals surface area contributed by atoms with Gasteiger partial charge in [-0.2, -0.15) is 0 Å². The number of pyridine rings is 1. The lowest BCUT2D eigenvalue weighted by atomic mass is 9.90. The second-order valence-electron chi connectivity index (χ2n) is 4.81. The Labute approximate surface area is 125 Å². The Morgan fingerprint density at radius 1 is 1.50 bits per heavy atom. The maximum atomic E-state index is 12.2. The van der Waals surface area contributed by atoms with E-state index in [0.29, 0.717) is 12.2 Å². The summed E-state index contributed by atoms with van der Waals surface area (Å²) in [7, 11) is 1.96. The van der Waals surface area contributed by atoms with Crippen LogP contribution in [-0.4, -0.2) is 22.1 Å². The van der Waals surface area contributed by atoms with Crippen molar-refractivity contribution in [3.63, 3.8) is 0 Å². The molecule has 0 radical (unpaired) electrons. The number of carbonyl (C=O) groups excluding carboxylic acids is 1. The first-order chi connectivity index (χ1) is 9.65. The van der Waals surface area contributed by atoms with Crippen LogP contribution in [-0.2, 0) is 24.6 Å². The van der Waals surface area contributed by atoms with E-state index in [1.807, 2.05) is 30.8 Å². The van der Waals surface area contributed by atoms with Crippen LogP contribution in [0.2, 0.25) is 0 Å². The number of fused-ring (bicyclic) bond motifs is 3. The van der Waals surface area contributed by atoms with Gasteiger partial charge in [0.2, 0.25) is 0 Å². The number of carbonyl (C=O) groups is 1. The Bertz CT molecular complexity index is 691. The molecule has 20 heavy (non-hydrogen) atoms. The minimum atomic E-state index is -0.256. The summed E-state index contributed by atoms with van der Waals surface area (Å²) in [5.74, 6) is -0.256. The Balaban J connectivity index is 2.22. The van der Waals surface area contributed by atoms with Gasteiger partial charge in [-0.3, -0.25) is 4.98 Å². The van der Waals surface area contributed by atoms with Gasteiger partial charge >= 0.3 is 5.97 Å². The van der Waals surface area contributed by atoms with Crippen molar-refractivity contribution in [1.82, 2.24) is 9.55 Å². The molecule has 0 amide bonds. The average Bonchev–Trinajstić information content (AvgIpc) is 2.71. The Morgan fingerprint density at radius 3 is 3.05 bits per heavy atom. The van der Waals surface area contributed by atoms with Crippen molar-refractivity contribution in [1.29, 1.82) is 0 Å². The molecule has 1 aliphatic rings. The maximum absolute atomic E-state index is 12.2. The Morgan fingerprint density at radius 2 is 2.30 bits per heavy atom. The predicted octanol–water partition coefficient (Wildman–Crippen LogP) is 3.12.